The van der Waals surface area contributed by atoms with Crippen molar-refractivity contribution in [2.45, 2.75) is 64.1 Å². The highest BCUT2D eigenvalue weighted by Gasteiger charge is 2.34. The lowest BCUT2D eigenvalue weighted by Gasteiger charge is -2.33. The van der Waals surface area contributed by atoms with Gasteiger partial charge in [0.1, 0.15) is 18.3 Å². The van der Waals surface area contributed by atoms with Crippen molar-refractivity contribution in [3.8, 4) is 5.75 Å². The van der Waals surface area contributed by atoms with Crippen LogP contribution in [0.1, 0.15) is 46.1 Å². The summed E-state index contributed by atoms with van der Waals surface area (Å²) in [6.07, 6.45) is 1.06. The number of sulfonamides is 1. The Labute approximate surface area is 262 Å². The molecule has 0 radical (unpaired) electrons. The first-order valence-corrected chi connectivity index (χ1v) is 16.5. The maximum absolute atomic E-state index is 14.1. The van der Waals surface area contributed by atoms with Crippen LogP contribution in [0.15, 0.2) is 82.2 Å². The summed E-state index contributed by atoms with van der Waals surface area (Å²) in [5.74, 6) is -0.242. The van der Waals surface area contributed by atoms with Gasteiger partial charge in [0.05, 0.1) is 17.2 Å². The van der Waals surface area contributed by atoms with E-state index < -0.39 is 28.5 Å². The van der Waals surface area contributed by atoms with Gasteiger partial charge in [-0.3, -0.25) is 13.9 Å². The summed E-state index contributed by atoms with van der Waals surface area (Å²) >= 11 is 9.42. The van der Waals surface area contributed by atoms with Gasteiger partial charge in [0, 0.05) is 22.1 Å². The second-order valence-corrected chi connectivity index (χ2v) is 13.0. The Morgan fingerprint density at radius 2 is 1.55 bits per heavy atom. The van der Waals surface area contributed by atoms with Gasteiger partial charge in [-0.1, -0.05) is 53.5 Å². The molecule has 226 valence electrons. The Balaban J connectivity index is 2.05. The number of hydrogen-bond donors (Lipinski definition) is 1. The molecular weight excluding hydrogens is 642 g/mol. The third-order valence-corrected chi connectivity index (χ3v) is 9.34. The van der Waals surface area contributed by atoms with E-state index in [-0.39, 0.29) is 23.4 Å². The molecule has 1 N–H and O–H groups in total. The molecule has 3 aromatic rings. The molecule has 0 saturated heterocycles. The average Bonchev–Trinajstić information content (AvgIpc) is 2.97. The SMILES string of the molecule is CCOc1ccc(N(CC(=O)N(Cc2ccc(Cl)cc2)C(CC)C(=O)NC(C)CC)S(=O)(=O)c2ccc(Br)cc2)cc1. The summed E-state index contributed by atoms with van der Waals surface area (Å²) < 4.78 is 35.3. The van der Waals surface area contributed by atoms with Crippen molar-refractivity contribution in [1.82, 2.24) is 10.2 Å². The predicted molar refractivity (Wildman–Crippen MR) is 170 cm³/mol. The largest absolute Gasteiger partial charge is 0.494 e. The van der Waals surface area contributed by atoms with Crippen molar-refractivity contribution in [3.63, 3.8) is 0 Å². The fraction of sp³-hybridized carbons (Fsp3) is 0.355. The molecule has 42 heavy (non-hydrogen) atoms. The first-order valence-electron chi connectivity index (χ1n) is 13.9. The average molecular weight is 679 g/mol. The van der Waals surface area contributed by atoms with Crippen LogP contribution in [0.2, 0.25) is 5.02 Å². The van der Waals surface area contributed by atoms with Crippen LogP contribution >= 0.6 is 27.5 Å². The van der Waals surface area contributed by atoms with Gasteiger partial charge in [0.15, 0.2) is 0 Å². The molecule has 2 unspecified atom stereocenters. The number of nitrogens with zero attached hydrogens (tertiary/aromatic N) is 2. The smallest absolute Gasteiger partial charge is 0.264 e. The van der Waals surface area contributed by atoms with Gasteiger partial charge in [-0.25, -0.2) is 8.42 Å². The molecule has 0 bridgehead atoms. The number of carbonyl (C=O) groups excluding carboxylic acids is 2. The van der Waals surface area contributed by atoms with Gasteiger partial charge in [-0.2, -0.15) is 0 Å². The molecule has 0 aliphatic carbocycles. The molecule has 3 rings (SSSR count). The number of rotatable bonds is 14. The molecule has 0 saturated carbocycles. The van der Waals surface area contributed by atoms with Crippen molar-refractivity contribution in [3.05, 3.63) is 87.9 Å². The number of amides is 2. The van der Waals surface area contributed by atoms with Gasteiger partial charge in [0.2, 0.25) is 11.8 Å². The minimum Gasteiger partial charge on any atom is -0.494 e. The highest BCUT2D eigenvalue weighted by atomic mass is 79.9. The van der Waals surface area contributed by atoms with E-state index in [9.17, 15) is 18.0 Å². The lowest BCUT2D eigenvalue weighted by Crippen LogP contribution is -2.53. The number of anilines is 1. The Hall–Kier alpha value is -3.08. The summed E-state index contributed by atoms with van der Waals surface area (Å²) in [5, 5.41) is 3.51. The van der Waals surface area contributed by atoms with Crippen molar-refractivity contribution in [2.75, 3.05) is 17.5 Å². The molecule has 0 aliphatic rings. The molecule has 11 heteroatoms. The van der Waals surface area contributed by atoms with E-state index in [1.165, 1.54) is 17.0 Å². The van der Waals surface area contributed by atoms with E-state index in [0.717, 1.165) is 20.8 Å². The lowest BCUT2D eigenvalue weighted by molar-refractivity contribution is -0.140. The third kappa shape index (κ3) is 8.72. The maximum atomic E-state index is 14.1. The summed E-state index contributed by atoms with van der Waals surface area (Å²) in [4.78, 5) is 29.0. The second-order valence-electron chi connectivity index (χ2n) is 9.78. The first-order chi connectivity index (χ1) is 20.0. The summed E-state index contributed by atoms with van der Waals surface area (Å²) in [6, 6.07) is 18.8. The molecular formula is C31H37BrClN3O5S. The normalized spacial score (nSPS) is 12.7. The summed E-state index contributed by atoms with van der Waals surface area (Å²) in [7, 11) is -4.17. The molecule has 0 spiro atoms. The summed E-state index contributed by atoms with van der Waals surface area (Å²) in [5.41, 5.74) is 1.05. The van der Waals surface area contributed by atoms with E-state index >= 15 is 0 Å². The van der Waals surface area contributed by atoms with E-state index in [1.54, 1.807) is 60.7 Å². The molecule has 3 aromatic carbocycles. The van der Waals surface area contributed by atoms with Crippen LogP contribution in [-0.2, 0) is 26.2 Å². The van der Waals surface area contributed by atoms with Crippen LogP contribution in [0, 0.1) is 0 Å². The zero-order chi connectivity index (χ0) is 30.9. The monoisotopic (exact) mass is 677 g/mol. The van der Waals surface area contributed by atoms with Gasteiger partial charge >= 0.3 is 0 Å². The fourth-order valence-electron chi connectivity index (χ4n) is 4.28. The maximum Gasteiger partial charge on any atom is 0.264 e. The van der Waals surface area contributed by atoms with Crippen LogP contribution in [-0.4, -0.2) is 50.4 Å². The Kier molecular flexibility index (Phi) is 12.3. The van der Waals surface area contributed by atoms with Gasteiger partial charge in [-0.05, 0) is 92.9 Å². The van der Waals surface area contributed by atoms with E-state index in [0.29, 0.717) is 29.5 Å². The summed E-state index contributed by atoms with van der Waals surface area (Å²) in [6.45, 7) is 7.57. The van der Waals surface area contributed by atoms with E-state index in [1.807, 2.05) is 27.7 Å². The molecule has 2 amide bonds. The van der Waals surface area contributed by atoms with Gasteiger partial charge in [0.25, 0.3) is 10.0 Å². The molecule has 0 aliphatic heterocycles. The van der Waals surface area contributed by atoms with Crippen LogP contribution in [0.25, 0.3) is 0 Å². The Bertz CT molecular complexity index is 1430. The fourth-order valence-corrected chi connectivity index (χ4v) is 6.09. The number of halogens is 2. The number of nitrogens with one attached hydrogen (secondary N) is 1. The van der Waals surface area contributed by atoms with Crippen molar-refractivity contribution in [2.24, 2.45) is 0 Å². The van der Waals surface area contributed by atoms with Crippen LogP contribution in [0.3, 0.4) is 0 Å². The van der Waals surface area contributed by atoms with Crippen molar-refractivity contribution in [1.29, 1.82) is 0 Å². The first kappa shape index (κ1) is 33.4. The Morgan fingerprint density at radius 3 is 2.10 bits per heavy atom. The van der Waals surface area contributed by atoms with Gasteiger partial charge < -0.3 is 15.0 Å². The zero-order valence-electron chi connectivity index (χ0n) is 24.2. The zero-order valence-corrected chi connectivity index (χ0v) is 27.4. The Morgan fingerprint density at radius 1 is 0.929 bits per heavy atom. The topological polar surface area (TPSA) is 96.0 Å². The third-order valence-electron chi connectivity index (χ3n) is 6.77. The van der Waals surface area contributed by atoms with Crippen LogP contribution < -0.4 is 14.4 Å². The quantitative estimate of drug-likeness (QED) is 0.212. The molecule has 0 fully saturated rings. The van der Waals surface area contributed by atoms with Crippen LogP contribution in [0.4, 0.5) is 5.69 Å². The molecule has 0 heterocycles. The number of benzene rings is 3. The highest BCUT2D eigenvalue weighted by Crippen LogP contribution is 2.28. The van der Waals surface area contributed by atoms with E-state index in [2.05, 4.69) is 21.2 Å². The second kappa shape index (κ2) is 15.4. The van der Waals surface area contributed by atoms with Crippen molar-refractivity contribution >= 4 is 55.1 Å². The number of ether oxygens (including phenoxy) is 1. The number of carbonyl (C=O) groups is 2. The van der Waals surface area contributed by atoms with E-state index in [4.69, 9.17) is 16.3 Å². The molecule has 8 nitrogen and oxygen atoms in total. The van der Waals surface area contributed by atoms with Crippen molar-refractivity contribution < 1.29 is 22.7 Å². The minimum atomic E-state index is -4.17. The number of hydrogen-bond acceptors (Lipinski definition) is 5. The van der Waals surface area contributed by atoms with Gasteiger partial charge in [-0.15, -0.1) is 0 Å². The lowest BCUT2D eigenvalue weighted by atomic mass is 10.1. The molecule has 0 aromatic heterocycles. The van der Waals surface area contributed by atoms with Crippen LogP contribution in [0.5, 0.6) is 5.75 Å². The minimum absolute atomic E-state index is 0.0261. The highest BCUT2D eigenvalue weighted by molar-refractivity contribution is 9.10. The predicted octanol–water partition coefficient (Wildman–Crippen LogP) is 6.42. The standard InChI is InChI=1S/C31H37BrClN3O5S/c1-5-22(4)34-31(38)29(6-2)35(20-23-8-12-25(33)13-9-23)30(37)21-36(26-14-16-27(17-15-26)41-7-3)42(39,40)28-18-10-24(32)11-19-28/h8-19,22,29H,5-7,20-21H2,1-4H3,(H,34,38). The molecule has 2 atom stereocenters.